The molecule has 3 aromatic rings. The van der Waals surface area contributed by atoms with Crippen LogP contribution in [0.15, 0.2) is 58.2 Å². The highest BCUT2D eigenvalue weighted by molar-refractivity contribution is 7.98. The number of amides is 1. The van der Waals surface area contributed by atoms with Crippen molar-refractivity contribution < 1.29 is 14.3 Å². The van der Waals surface area contributed by atoms with E-state index < -0.39 is 18.5 Å². The molecule has 0 spiro atoms. The highest BCUT2D eigenvalue weighted by Gasteiger charge is 2.13. The quantitative estimate of drug-likeness (QED) is 0.501. The molecular weight excluding hydrogens is 366 g/mol. The number of fused-ring (bicyclic) bond motifs is 1. The van der Waals surface area contributed by atoms with Crippen LogP contribution in [0.1, 0.15) is 5.69 Å². The van der Waals surface area contributed by atoms with Gasteiger partial charge in [0.05, 0.1) is 17.5 Å². The number of thioether (sulfide) groups is 1. The molecule has 0 fully saturated rings. The Balaban J connectivity index is 1.59. The van der Waals surface area contributed by atoms with E-state index in [1.54, 1.807) is 42.1 Å². The van der Waals surface area contributed by atoms with E-state index in [9.17, 15) is 14.4 Å². The van der Waals surface area contributed by atoms with E-state index in [1.165, 1.54) is 0 Å². The number of aromatic amines is 1. The summed E-state index contributed by atoms with van der Waals surface area (Å²) in [5, 5.41) is 9.99. The lowest BCUT2D eigenvalue weighted by Crippen LogP contribution is -2.22. The normalized spacial score (nSPS) is 10.6. The monoisotopic (exact) mass is 383 g/mol. The third-order valence-corrected chi connectivity index (χ3v) is 4.53. The van der Waals surface area contributed by atoms with Crippen molar-refractivity contribution in [1.29, 1.82) is 0 Å². The molecule has 0 radical (unpaired) electrons. The van der Waals surface area contributed by atoms with Gasteiger partial charge in [0, 0.05) is 16.0 Å². The Hall–Kier alpha value is -3.13. The molecule has 0 atom stereocenters. The number of carbonyl (C=O) groups excluding carboxylic acids is 2. The Morgan fingerprint density at radius 1 is 1.15 bits per heavy atom. The van der Waals surface area contributed by atoms with Crippen molar-refractivity contribution in [3.8, 4) is 0 Å². The van der Waals surface area contributed by atoms with E-state index in [0.29, 0.717) is 22.2 Å². The lowest BCUT2D eigenvalue weighted by molar-refractivity contribution is -0.146. The molecule has 0 saturated carbocycles. The van der Waals surface area contributed by atoms with Gasteiger partial charge in [0.25, 0.3) is 11.5 Å². The summed E-state index contributed by atoms with van der Waals surface area (Å²) < 4.78 is 5.03. The minimum Gasteiger partial charge on any atom is -0.455 e. The van der Waals surface area contributed by atoms with Crippen molar-refractivity contribution in [2.24, 2.45) is 0 Å². The third kappa shape index (κ3) is 4.73. The lowest BCUT2D eigenvalue weighted by Gasteiger charge is -2.08. The molecule has 8 heteroatoms. The first-order valence-corrected chi connectivity index (χ1v) is 9.35. The number of H-pyrrole nitrogens is 1. The predicted molar refractivity (Wildman–Crippen MR) is 104 cm³/mol. The smallest absolute Gasteiger partial charge is 0.312 e. The molecule has 0 aliphatic heterocycles. The number of anilines is 1. The van der Waals surface area contributed by atoms with E-state index >= 15 is 0 Å². The fraction of sp³-hybridized carbons (Fsp3) is 0.158. The zero-order chi connectivity index (χ0) is 19.2. The maximum atomic E-state index is 12.1. The topological polar surface area (TPSA) is 101 Å². The Kier molecular flexibility index (Phi) is 5.87. The Labute approximate surface area is 159 Å². The second-order valence-corrected chi connectivity index (χ2v) is 6.54. The number of benzene rings is 2. The first kappa shape index (κ1) is 18.7. The molecular formula is C19H17N3O4S. The van der Waals surface area contributed by atoms with Crippen LogP contribution in [0.5, 0.6) is 0 Å². The summed E-state index contributed by atoms with van der Waals surface area (Å²) in [6.07, 6.45) is 1.80. The number of hydrogen-bond acceptors (Lipinski definition) is 6. The average Bonchev–Trinajstić information content (AvgIpc) is 2.69. The van der Waals surface area contributed by atoms with Crippen LogP contribution in [0.2, 0.25) is 0 Å². The van der Waals surface area contributed by atoms with Gasteiger partial charge in [-0.15, -0.1) is 11.8 Å². The molecule has 0 unspecified atom stereocenters. The van der Waals surface area contributed by atoms with E-state index in [4.69, 9.17) is 4.74 Å². The van der Waals surface area contributed by atoms with E-state index in [1.807, 2.05) is 24.5 Å². The van der Waals surface area contributed by atoms with Gasteiger partial charge in [-0.25, -0.2) is 5.10 Å². The van der Waals surface area contributed by atoms with Crippen LogP contribution in [-0.4, -0.2) is 34.9 Å². The summed E-state index contributed by atoms with van der Waals surface area (Å²) in [5.74, 6) is -1.03. The average molecular weight is 383 g/mol. The van der Waals surface area contributed by atoms with E-state index in [2.05, 4.69) is 15.5 Å². The van der Waals surface area contributed by atoms with Gasteiger partial charge in [-0.3, -0.25) is 14.4 Å². The van der Waals surface area contributed by atoms with E-state index in [0.717, 1.165) is 4.90 Å². The van der Waals surface area contributed by atoms with Gasteiger partial charge in [0.1, 0.15) is 0 Å². The molecule has 0 saturated heterocycles. The molecule has 138 valence electrons. The van der Waals surface area contributed by atoms with Gasteiger partial charge in [0.2, 0.25) is 0 Å². The second kappa shape index (κ2) is 8.50. The number of esters is 1. The minimum absolute atomic E-state index is 0.146. The fourth-order valence-corrected chi connectivity index (χ4v) is 3.00. The molecule has 0 bridgehead atoms. The van der Waals surface area contributed by atoms with Crippen LogP contribution in [-0.2, 0) is 20.7 Å². The number of nitrogens with zero attached hydrogens (tertiary/aromatic N) is 1. The van der Waals surface area contributed by atoms with Crippen molar-refractivity contribution in [1.82, 2.24) is 10.2 Å². The summed E-state index contributed by atoms with van der Waals surface area (Å²) in [7, 11) is 0. The van der Waals surface area contributed by atoms with Crippen LogP contribution in [0, 0.1) is 0 Å². The highest BCUT2D eigenvalue weighted by Crippen LogP contribution is 2.19. The summed E-state index contributed by atoms with van der Waals surface area (Å²) in [4.78, 5) is 36.8. The number of aromatic nitrogens is 2. The van der Waals surface area contributed by atoms with Crippen molar-refractivity contribution in [2.45, 2.75) is 11.3 Å². The zero-order valence-electron chi connectivity index (χ0n) is 14.5. The van der Waals surface area contributed by atoms with Crippen LogP contribution in [0.25, 0.3) is 10.8 Å². The molecule has 1 heterocycles. The molecule has 1 aromatic heterocycles. The summed E-state index contributed by atoms with van der Waals surface area (Å²) >= 11 is 1.56. The number of hydrogen-bond donors (Lipinski definition) is 2. The first-order valence-electron chi connectivity index (χ1n) is 8.12. The van der Waals surface area contributed by atoms with Crippen molar-refractivity contribution in [2.75, 3.05) is 18.2 Å². The molecule has 2 N–H and O–H groups in total. The number of carbonyl (C=O) groups is 2. The Morgan fingerprint density at radius 3 is 2.70 bits per heavy atom. The molecule has 1 amide bonds. The van der Waals surface area contributed by atoms with Gasteiger partial charge in [-0.1, -0.05) is 24.3 Å². The number of ether oxygens (including phenoxy) is 1. The molecule has 0 aliphatic rings. The van der Waals surface area contributed by atoms with Crippen molar-refractivity contribution >= 4 is 40.1 Å². The SMILES string of the molecule is CSc1cccc(NC(=O)COC(=O)Cc2n[nH]c(=O)c3ccccc23)c1. The van der Waals surface area contributed by atoms with Gasteiger partial charge in [-0.05, 0) is 30.5 Å². The Morgan fingerprint density at radius 2 is 1.93 bits per heavy atom. The molecule has 2 aromatic carbocycles. The largest absolute Gasteiger partial charge is 0.455 e. The Bertz CT molecular complexity index is 1050. The fourth-order valence-electron chi connectivity index (χ4n) is 2.54. The van der Waals surface area contributed by atoms with Crippen LogP contribution in [0.3, 0.4) is 0 Å². The molecule has 7 nitrogen and oxygen atoms in total. The maximum absolute atomic E-state index is 12.1. The molecule has 3 rings (SSSR count). The van der Waals surface area contributed by atoms with Crippen molar-refractivity contribution in [3.05, 3.63) is 64.6 Å². The third-order valence-electron chi connectivity index (χ3n) is 3.80. The van der Waals surface area contributed by atoms with E-state index in [-0.39, 0.29) is 12.0 Å². The van der Waals surface area contributed by atoms with Gasteiger partial charge in [0.15, 0.2) is 6.61 Å². The van der Waals surface area contributed by atoms with Gasteiger partial charge < -0.3 is 10.1 Å². The standard InChI is InChI=1S/C19H17N3O4S/c1-27-13-6-4-5-12(9-13)20-17(23)11-26-18(24)10-16-14-7-2-3-8-15(14)19(25)22-21-16/h2-9H,10-11H2,1H3,(H,20,23)(H,22,25). The maximum Gasteiger partial charge on any atom is 0.312 e. The van der Waals surface area contributed by atoms with Crippen LogP contribution < -0.4 is 10.9 Å². The highest BCUT2D eigenvalue weighted by atomic mass is 32.2. The second-order valence-electron chi connectivity index (χ2n) is 5.66. The van der Waals surface area contributed by atoms with Crippen LogP contribution >= 0.6 is 11.8 Å². The lowest BCUT2D eigenvalue weighted by atomic mass is 10.1. The predicted octanol–water partition coefficient (Wildman–Crippen LogP) is 2.37. The van der Waals surface area contributed by atoms with Gasteiger partial charge in [-0.2, -0.15) is 5.10 Å². The molecule has 0 aliphatic carbocycles. The summed E-state index contributed by atoms with van der Waals surface area (Å²) in [6, 6.07) is 14.2. The molecule has 27 heavy (non-hydrogen) atoms. The summed E-state index contributed by atoms with van der Waals surface area (Å²) in [5.41, 5.74) is 0.703. The van der Waals surface area contributed by atoms with Gasteiger partial charge >= 0.3 is 5.97 Å². The number of rotatable bonds is 6. The van der Waals surface area contributed by atoms with Crippen molar-refractivity contribution in [3.63, 3.8) is 0 Å². The summed E-state index contributed by atoms with van der Waals surface area (Å²) in [6.45, 7) is -0.399. The van der Waals surface area contributed by atoms with Crippen LogP contribution in [0.4, 0.5) is 5.69 Å². The first-order chi connectivity index (χ1) is 13.1. The zero-order valence-corrected chi connectivity index (χ0v) is 15.3. The minimum atomic E-state index is -0.604. The number of nitrogens with one attached hydrogen (secondary N) is 2.